The Kier molecular flexibility index (Phi) is 8.87. The number of piperidine rings is 1. The van der Waals surface area contributed by atoms with Gasteiger partial charge < -0.3 is 15.0 Å². The minimum atomic E-state index is -4.34. The molecule has 3 aliphatic heterocycles. The number of nitrogens with one attached hydrogen (secondary N) is 1. The number of hydrogen-bond acceptors (Lipinski definition) is 6. The summed E-state index contributed by atoms with van der Waals surface area (Å²) in [5, 5.41) is 8.09. The Morgan fingerprint density at radius 2 is 1.98 bits per heavy atom. The van der Waals surface area contributed by atoms with E-state index in [9.17, 15) is 22.8 Å². The van der Waals surface area contributed by atoms with Crippen molar-refractivity contribution in [2.75, 3.05) is 32.8 Å². The minimum absolute atomic E-state index is 0.0302. The van der Waals surface area contributed by atoms with Gasteiger partial charge in [-0.25, -0.2) is 9.50 Å². The quantitative estimate of drug-likeness (QED) is 0.327. The number of ether oxygens (including phenoxy) is 1. The van der Waals surface area contributed by atoms with Gasteiger partial charge in [-0.05, 0) is 67.8 Å². The number of carbonyl (C=O) groups is 2. The van der Waals surface area contributed by atoms with Crippen LogP contribution < -0.4 is 5.32 Å². The molecule has 2 aromatic heterocycles. The highest BCUT2D eigenvalue weighted by Gasteiger charge is 2.41. The van der Waals surface area contributed by atoms with Crippen molar-refractivity contribution in [1.82, 2.24) is 24.8 Å². The molecule has 234 valence electrons. The van der Waals surface area contributed by atoms with Gasteiger partial charge in [0.2, 0.25) is 5.91 Å². The fourth-order valence-electron chi connectivity index (χ4n) is 6.66. The summed E-state index contributed by atoms with van der Waals surface area (Å²) in [6, 6.07) is 11.5. The summed E-state index contributed by atoms with van der Waals surface area (Å²) in [6.45, 7) is 3.34. The largest absolute Gasteiger partial charge is 0.389 e. The maximum absolute atomic E-state index is 12.9. The van der Waals surface area contributed by atoms with Gasteiger partial charge in [0.05, 0.1) is 18.6 Å². The molecule has 11 heteroatoms. The van der Waals surface area contributed by atoms with Crippen LogP contribution in [0.2, 0.25) is 0 Å². The minimum Gasteiger partial charge on any atom is -0.373 e. The number of ketones is 1. The smallest absolute Gasteiger partial charge is 0.373 e. The number of carbonyl (C=O) groups excluding carboxylic acids is 2. The van der Waals surface area contributed by atoms with E-state index in [1.54, 1.807) is 4.52 Å². The first-order chi connectivity index (χ1) is 21.2. The summed E-state index contributed by atoms with van der Waals surface area (Å²) in [6.07, 6.45) is 3.42. The highest BCUT2D eigenvalue weighted by Crippen LogP contribution is 2.37. The van der Waals surface area contributed by atoms with E-state index in [2.05, 4.69) is 10.4 Å². The molecule has 0 radical (unpaired) electrons. The molecule has 0 bridgehead atoms. The molecule has 2 unspecified atom stereocenters. The predicted octanol–water partition coefficient (Wildman–Crippen LogP) is 5.40. The molecule has 3 aliphatic rings. The topological polar surface area (TPSA) is 88.8 Å². The summed E-state index contributed by atoms with van der Waals surface area (Å²) < 4.78 is 45.4. The van der Waals surface area contributed by atoms with Crippen LogP contribution in [-0.2, 0) is 16.0 Å². The fraction of sp³-hybridized carbons (Fsp3) is 0.515. The average molecular weight is 610 g/mol. The van der Waals surface area contributed by atoms with E-state index in [0.29, 0.717) is 48.8 Å². The zero-order valence-electron chi connectivity index (χ0n) is 24.7. The third-order valence-corrected chi connectivity index (χ3v) is 9.07. The van der Waals surface area contributed by atoms with Crippen molar-refractivity contribution in [3.05, 3.63) is 71.2 Å². The molecule has 2 fully saturated rings. The Balaban J connectivity index is 1.04. The van der Waals surface area contributed by atoms with Gasteiger partial charge in [0.25, 0.3) is 0 Å². The third-order valence-electron chi connectivity index (χ3n) is 9.07. The second kappa shape index (κ2) is 12.8. The lowest BCUT2D eigenvalue weighted by Crippen LogP contribution is -2.45. The van der Waals surface area contributed by atoms with Crippen molar-refractivity contribution in [3.63, 3.8) is 0 Å². The first-order valence-electron chi connectivity index (χ1n) is 15.5. The van der Waals surface area contributed by atoms with E-state index >= 15 is 0 Å². The van der Waals surface area contributed by atoms with Gasteiger partial charge in [0.1, 0.15) is 0 Å². The molecule has 3 aromatic rings. The standard InChI is InChI=1S/C33H38F3N5O3/c34-33(35,36)14-10-30(43)40-17-11-25(12-18-40)27-3-1-16-41-31(27)38-29(39-41)19-23-4-7-26(8-5-23)28(42)9-6-24-20-32(44-21-24)13-2-15-37-22-32/h1,3-5,7-8,11,16,24,37H,2,6,9-10,12-15,17-22H2. The Labute approximate surface area is 254 Å². The molecule has 8 nitrogen and oxygen atoms in total. The fourth-order valence-corrected chi connectivity index (χ4v) is 6.66. The Morgan fingerprint density at radius 3 is 2.70 bits per heavy atom. The Hall–Kier alpha value is -3.57. The van der Waals surface area contributed by atoms with Crippen molar-refractivity contribution in [2.24, 2.45) is 5.92 Å². The SMILES string of the molecule is O=C(CCC1COC2(CCCNC2)C1)c1ccc(Cc2nc3c(C4=CCN(C(=O)CCC(F)(F)F)CC4)cccn3n2)cc1. The highest BCUT2D eigenvalue weighted by molar-refractivity contribution is 5.96. The zero-order chi connectivity index (χ0) is 30.7. The molecule has 1 amide bonds. The van der Waals surface area contributed by atoms with Gasteiger partial charge in [-0.1, -0.05) is 30.3 Å². The molecule has 6 rings (SSSR count). The molecule has 1 aromatic carbocycles. The molecule has 1 spiro atoms. The van der Waals surface area contributed by atoms with Crippen molar-refractivity contribution >= 4 is 22.9 Å². The molecular weight excluding hydrogens is 571 g/mol. The Bertz CT molecular complexity index is 1530. The molecule has 0 aliphatic carbocycles. The number of fused-ring (bicyclic) bond motifs is 1. The number of amides is 1. The number of Topliss-reactive ketones (excluding diaryl/α,β-unsaturated/α-hetero) is 1. The van der Waals surface area contributed by atoms with Gasteiger partial charge in [0, 0.05) is 56.2 Å². The van der Waals surface area contributed by atoms with E-state index in [0.717, 1.165) is 62.1 Å². The molecule has 1 N–H and O–H groups in total. The van der Waals surface area contributed by atoms with Crippen LogP contribution in [0.3, 0.4) is 0 Å². The van der Waals surface area contributed by atoms with Crippen molar-refractivity contribution in [2.45, 2.75) is 69.6 Å². The van der Waals surface area contributed by atoms with Crippen LogP contribution in [0.4, 0.5) is 13.2 Å². The summed E-state index contributed by atoms with van der Waals surface area (Å²) in [7, 11) is 0. The van der Waals surface area contributed by atoms with Crippen LogP contribution >= 0.6 is 0 Å². The summed E-state index contributed by atoms with van der Waals surface area (Å²) >= 11 is 0. The van der Waals surface area contributed by atoms with Gasteiger partial charge in [0.15, 0.2) is 17.3 Å². The van der Waals surface area contributed by atoms with Crippen LogP contribution in [0.15, 0.2) is 48.7 Å². The van der Waals surface area contributed by atoms with Gasteiger partial charge >= 0.3 is 6.18 Å². The van der Waals surface area contributed by atoms with Crippen LogP contribution in [0.5, 0.6) is 0 Å². The van der Waals surface area contributed by atoms with E-state index in [1.165, 1.54) is 4.90 Å². The highest BCUT2D eigenvalue weighted by atomic mass is 19.4. The third kappa shape index (κ3) is 7.21. The van der Waals surface area contributed by atoms with Gasteiger partial charge in [-0.2, -0.15) is 18.3 Å². The lowest BCUT2D eigenvalue weighted by molar-refractivity contribution is -0.148. The monoisotopic (exact) mass is 609 g/mol. The number of hydrogen-bond donors (Lipinski definition) is 1. The molecule has 2 atom stereocenters. The first kappa shape index (κ1) is 30.5. The summed E-state index contributed by atoms with van der Waals surface area (Å²) in [5.74, 6) is 0.737. The van der Waals surface area contributed by atoms with Crippen molar-refractivity contribution < 1.29 is 27.5 Å². The van der Waals surface area contributed by atoms with Crippen LogP contribution in [0, 0.1) is 5.92 Å². The summed E-state index contributed by atoms with van der Waals surface area (Å²) in [4.78, 5) is 31.4. The van der Waals surface area contributed by atoms with Crippen LogP contribution in [-0.4, -0.2) is 75.8 Å². The number of rotatable bonds is 9. The number of nitrogens with zero attached hydrogens (tertiary/aromatic N) is 4. The molecular formula is C33H38F3N5O3. The number of pyridine rings is 1. The maximum Gasteiger partial charge on any atom is 0.389 e. The second-order valence-corrected chi connectivity index (χ2v) is 12.3. The van der Waals surface area contributed by atoms with Crippen molar-refractivity contribution in [3.8, 4) is 0 Å². The normalized spacial score (nSPS) is 22.5. The van der Waals surface area contributed by atoms with Crippen LogP contribution in [0.25, 0.3) is 11.2 Å². The average Bonchev–Trinajstić information content (AvgIpc) is 3.62. The molecule has 44 heavy (non-hydrogen) atoms. The van der Waals surface area contributed by atoms with E-state index < -0.39 is 24.9 Å². The number of benzene rings is 1. The van der Waals surface area contributed by atoms with Crippen molar-refractivity contribution in [1.29, 1.82) is 0 Å². The predicted molar refractivity (Wildman–Crippen MR) is 159 cm³/mol. The second-order valence-electron chi connectivity index (χ2n) is 12.3. The number of alkyl halides is 3. The van der Waals surface area contributed by atoms with Gasteiger partial charge in [-0.15, -0.1) is 0 Å². The lowest BCUT2D eigenvalue weighted by atomic mass is 9.85. The first-order valence-corrected chi connectivity index (χ1v) is 15.5. The number of halogens is 3. The van der Waals surface area contributed by atoms with E-state index in [4.69, 9.17) is 9.72 Å². The molecule has 5 heterocycles. The van der Waals surface area contributed by atoms with E-state index in [1.807, 2.05) is 48.7 Å². The lowest BCUT2D eigenvalue weighted by Gasteiger charge is -2.33. The summed E-state index contributed by atoms with van der Waals surface area (Å²) in [5.41, 5.74) is 4.26. The van der Waals surface area contributed by atoms with E-state index in [-0.39, 0.29) is 17.9 Å². The maximum atomic E-state index is 12.9. The molecule has 0 saturated carbocycles. The number of aromatic nitrogens is 3. The van der Waals surface area contributed by atoms with Gasteiger partial charge in [-0.3, -0.25) is 9.59 Å². The van der Waals surface area contributed by atoms with Crippen LogP contribution in [0.1, 0.15) is 78.7 Å². The molecule has 2 saturated heterocycles. The zero-order valence-corrected chi connectivity index (χ0v) is 24.7. The Morgan fingerprint density at radius 1 is 1.14 bits per heavy atom.